The van der Waals surface area contributed by atoms with Crippen molar-refractivity contribution in [2.24, 2.45) is 11.1 Å². The van der Waals surface area contributed by atoms with Crippen molar-refractivity contribution in [3.05, 3.63) is 12.7 Å². The fraction of sp³-hybridized carbons (Fsp3) is 0.800. The lowest BCUT2D eigenvalue weighted by molar-refractivity contribution is -0.142. The third-order valence-corrected chi connectivity index (χ3v) is 4.04. The molecule has 1 aliphatic rings. The van der Waals surface area contributed by atoms with E-state index in [0.29, 0.717) is 13.1 Å². The number of amides is 1. The van der Waals surface area contributed by atoms with E-state index in [4.69, 9.17) is 5.73 Å². The van der Waals surface area contributed by atoms with Gasteiger partial charge in [-0.05, 0) is 19.3 Å². The van der Waals surface area contributed by atoms with Crippen LogP contribution in [0.3, 0.4) is 0 Å². The third kappa shape index (κ3) is 3.58. The molecule has 0 radical (unpaired) electrons. The van der Waals surface area contributed by atoms with E-state index in [1.54, 1.807) is 0 Å². The zero-order valence-corrected chi connectivity index (χ0v) is 11.8. The lowest BCUT2D eigenvalue weighted by Crippen LogP contribution is -2.48. The molecule has 0 saturated heterocycles. The molecule has 0 aromatic heterocycles. The van der Waals surface area contributed by atoms with Crippen molar-refractivity contribution < 1.29 is 4.79 Å². The van der Waals surface area contributed by atoms with E-state index in [1.807, 2.05) is 11.0 Å². The van der Waals surface area contributed by atoms with Gasteiger partial charge in [-0.25, -0.2) is 0 Å². The van der Waals surface area contributed by atoms with Gasteiger partial charge in [0.05, 0.1) is 5.41 Å². The molecule has 0 aromatic carbocycles. The highest BCUT2D eigenvalue weighted by molar-refractivity contribution is 5.83. The molecule has 0 bridgehead atoms. The fourth-order valence-electron chi connectivity index (χ4n) is 2.95. The molecule has 0 aliphatic heterocycles. The molecule has 1 saturated carbocycles. The van der Waals surface area contributed by atoms with Crippen LogP contribution >= 0.6 is 0 Å². The highest BCUT2D eigenvalue weighted by Gasteiger charge is 2.39. The highest BCUT2D eigenvalue weighted by atomic mass is 16.2. The normalized spacial score (nSPS) is 19.0. The number of nitrogens with zero attached hydrogens (tertiary/aromatic N) is 1. The second kappa shape index (κ2) is 7.57. The fourth-order valence-corrected chi connectivity index (χ4v) is 2.95. The molecule has 3 heteroatoms. The van der Waals surface area contributed by atoms with Gasteiger partial charge in [-0.1, -0.05) is 38.7 Å². The van der Waals surface area contributed by atoms with Gasteiger partial charge in [-0.2, -0.15) is 0 Å². The van der Waals surface area contributed by atoms with Crippen LogP contribution in [0.1, 0.15) is 51.9 Å². The first kappa shape index (κ1) is 15.2. The maximum Gasteiger partial charge on any atom is 0.230 e. The number of hydrogen-bond acceptors (Lipinski definition) is 2. The molecular weight excluding hydrogens is 224 g/mol. The highest BCUT2D eigenvalue weighted by Crippen LogP contribution is 2.36. The second-order valence-corrected chi connectivity index (χ2v) is 5.44. The van der Waals surface area contributed by atoms with Crippen molar-refractivity contribution >= 4 is 5.91 Å². The van der Waals surface area contributed by atoms with Crippen LogP contribution in [0.25, 0.3) is 0 Å². The predicted molar refractivity (Wildman–Crippen MR) is 76.3 cm³/mol. The third-order valence-electron chi connectivity index (χ3n) is 4.04. The summed E-state index contributed by atoms with van der Waals surface area (Å²) in [6.45, 7) is 7.80. The minimum atomic E-state index is -0.297. The van der Waals surface area contributed by atoms with Gasteiger partial charge in [0, 0.05) is 19.6 Å². The van der Waals surface area contributed by atoms with Crippen LogP contribution in [0.4, 0.5) is 0 Å². The van der Waals surface area contributed by atoms with Crippen molar-refractivity contribution in [1.82, 2.24) is 4.90 Å². The van der Waals surface area contributed by atoms with Crippen LogP contribution in [0.2, 0.25) is 0 Å². The summed E-state index contributed by atoms with van der Waals surface area (Å²) < 4.78 is 0. The van der Waals surface area contributed by atoms with Crippen LogP contribution in [0.5, 0.6) is 0 Å². The summed E-state index contributed by atoms with van der Waals surface area (Å²) >= 11 is 0. The van der Waals surface area contributed by atoms with Gasteiger partial charge < -0.3 is 10.6 Å². The van der Waals surface area contributed by atoms with E-state index in [9.17, 15) is 4.79 Å². The van der Waals surface area contributed by atoms with Crippen molar-refractivity contribution in [3.8, 4) is 0 Å². The first-order valence-electron chi connectivity index (χ1n) is 7.30. The van der Waals surface area contributed by atoms with E-state index < -0.39 is 0 Å². The molecule has 1 aliphatic carbocycles. The zero-order chi connectivity index (χ0) is 13.4. The molecule has 0 unspecified atom stereocenters. The standard InChI is InChI=1S/C15H28N2O/c1-3-11-17(12-4-2)14(18)15(13-16)9-7-5-6-8-10-15/h3H,1,4-13,16H2,2H3. The predicted octanol–water partition coefficient (Wildman–Crippen LogP) is 2.71. The van der Waals surface area contributed by atoms with Crippen LogP contribution in [0.15, 0.2) is 12.7 Å². The van der Waals surface area contributed by atoms with E-state index in [0.717, 1.165) is 38.6 Å². The zero-order valence-electron chi connectivity index (χ0n) is 11.8. The van der Waals surface area contributed by atoms with Gasteiger partial charge in [0.15, 0.2) is 0 Å². The van der Waals surface area contributed by atoms with Crippen molar-refractivity contribution in [1.29, 1.82) is 0 Å². The molecule has 0 spiro atoms. The van der Waals surface area contributed by atoms with Gasteiger partial charge in [0.2, 0.25) is 5.91 Å². The molecule has 2 N–H and O–H groups in total. The summed E-state index contributed by atoms with van der Waals surface area (Å²) in [4.78, 5) is 14.7. The monoisotopic (exact) mass is 252 g/mol. The number of carbonyl (C=O) groups excluding carboxylic acids is 1. The summed E-state index contributed by atoms with van der Waals surface area (Å²) in [6, 6.07) is 0. The summed E-state index contributed by atoms with van der Waals surface area (Å²) in [5.41, 5.74) is 5.67. The first-order chi connectivity index (χ1) is 8.70. The van der Waals surface area contributed by atoms with Gasteiger partial charge in [-0.3, -0.25) is 4.79 Å². The largest absolute Gasteiger partial charge is 0.338 e. The smallest absolute Gasteiger partial charge is 0.230 e. The van der Waals surface area contributed by atoms with Crippen LogP contribution in [-0.4, -0.2) is 30.4 Å². The van der Waals surface area contributed by atoms with Crippen LogP contribution < -0.4 is 5.73 Å². The van der Waals surface area contributed by atoms with Crippen LogP contribution in [0, 0.1) is 5.41 Å². The van der Waals surface area contributed by atoms with Gasteiger partial charge >= 0.3 is 0 Å². The molecular formula is C15H28N2O. The topological polar surface area (TPSA) is 46.3 Å². The van der Waals surface area contributed by atoms with Crippen molar-refractivity contribution in [3.63, 3.8) is 0 Å². The van der Waals surface area contributed by atoms with Crippen molar-refractivity contribution in [2.45, 2.75) is 51.9 Å². The molecule has 104 valence electrons. The Balaban J connectivity index is 2.82. The van der Waals surface area contributed by atoms with Crippen molar-refractivity contribution in [2.75, 3.05) is 19.6 Å². The first-order valence-corrected chi connectivity index (χ1v) is 7.30. The maximum absolute atomic E-state index is 12.8. The summed E-state index contributed by atoms with van der Waals surface area (Å²) in [5, 5.41) is 0. The average Bonchev–Trinajstić information content (AvgIpc) is 2.64. The Morgan fingerprint density at radius 2 is 1.94 bits per heavy atom. The lowest BCUT2D eigenvalue weighted by Gasteiger charge is -2.35. The Bertz CT molecular complexity index is 268. The minimum absolute atomic E-state index is 0.258. The summed E-state index contributed by atoms with van der Waals surface area (Å²) in [7, 11) is 0. The Labute approximate surface area is 111 Å². The van der Waals surface area contributed by atoms with E-state index >= 15 is 0 Å². The quantitative estimate of drug-likeness (QED) is 0.583. The molecule has 0 aromatic rings. The number of carbonyl (C=O) groups is 1. The Morgan fingerprint density at radius 3 is 2.39 bits per heavy atom. The van der Waals surface area contributed by atoms with Gasteiger partial charge in [-0.15, -0.1) is 6.58 Å². The van der Waals surface area contributed by atoms with Gasteiger partial charge in [0.25, 0.3) is 0 Å². The molecule has 0 heterocycles. The summed E-state index contributed by atoms with van der Waals surface area (Å²) in [6.07, 6.45) is 9.47. The van der Waals surface area contributed by atoms with E-state index in [2.05, 4.69) is 13.5 Å². The lowest BCUT2D eigenvalue weighted by atomic mass is 9.79. The second-order valence-electron chi connectivity index (χ2n) is 5.44. The Morgan fingerprint density at radius 1 is 1.33 bits per heavy atom. The van der Waals surface area contributed by atoms with Crippen LogP contribution in [-0.2, 0) is 4.79 Å². The SMILES string of the molecule is C=CCN(CCC)C(=O)C1(CN)CCCCCC1. The molecule has 1 amide bonds. The number of nitrogens with two attached hydrogens (primary N) is 1. The van der Waals surface area contributed by atoms with E-state index in [1.165, 1.54) is 12.8 Å². The molecule has 1 rings (SSSR count). The average molecular weight is 252 g/mol. The maximum atomic E-state index is 12.8. The Kier molecular flexibility index (Phi) is 6.41. The summed E-state index contributed by atoms with van der Waals surface area (Å²) in [5.74, 6) is 0.258. The number of hydrogen-bond donors (Lipinski definition) is 1. The molecule has 1 fully saturated rings. The van der Waals surface area contributed by atoms with E-state index in [-0.39, 0.29) is 11.3 Å². The molecule has 0 atom stereocenters. The minimum Gasteiger partial charge on any atom is -0.338 e. The Hall–Kier alpha value is -0.830. The van der Waals surface area contributed by atoms with Gasteiger partial charge in [0.1, 0.15) is 0 Å². The molecule has 3 nitrogen and oxygen atoms in total. The number of rotatable bonds is 6. The molecule has 18 heavy (non-hydrogen) atoms.